The number of nitrogens with two attached hydrogens (primary N) is 1. The average molecular weight is 436 g/mol. The average Bonchev–Trinajstić information content (AvgIpc) is 2.71. The monoisotopic (exact) mass is 435 g/mol. The summed E-state index contributed by atoms with van der Waals surface area (Å²) in [6.07, 6.45) is 2.46. The lowest BCUT2D eigenvalue weighted by molar-refractivity contribution is -0.118. The fourth-order valence-corrected chi connectivity index (χ4v) is 5.10. The highest BCUT2D eigenvalue weighted by Crippen LogP contribution is 2.31. The summed E-state index contributed by atoms with van der Waals surface area (Å²) >= 11 is 0. The van der Waals surface area contributed by atoms with Gasteiger partial charge < -0.3 is 15.2 Å². The molecule has 9 nitrogen and oxygen atoms in total. The zero-order chi connectivity index (χ0) is 22.5. The molecule has 0 aliphatic carbocycles. The van der Waals surface area contributed by atoms with Gasteiger partial charge in [0.05, 0.1) is 12.7 Å². The fourth-order valence-electron chi connectivity index (χ4n) is 3.22. The minimum atomic E-state index is -3.90. The number of carbonyl (C=O) groups excluding carboxylic acids is 2. The van der Waals surface area contributed by atoms with Crippen molar-refractivity contribution in [2.45, 2.75) is 44.0 Å². The Morgan fingerprint density at radius 3 is 2.60 bits per heavy atom. The SMILES string of the molecule is COc1ccc(C(=O)OCC(=O)/C(C#N)=C(\C)N)cc1S(=O)(=O)N1CCCC[C@@H]1C. The minimum Gasteiger partial charge on any atom is -0.495 e. The number of sulfonamides is 1. The Kier molecular flexibility index (Phi) is 7.59. The molecule has 0 radical (unpaired) electrons. The molecule has 1 fully saturated rings. The molecule has 0 saturated carbocycles. The predicted octanol–water partition coefficient (Wildman–Crippen LogP) is 1.74. The third-order valence-corrected chi connectivity index (χ3v) is 6.88. The van der Waals surface area contributed by atoms with Crippen molar-refractivity contribution < 1.29 is 27.5 Å². The summed E-state index contributed by atoms with van der Waals surface area (Å²) in [5.74, 6) is -1.54. The van der Waals surface area contributed by atoms with Gasteiger partial charge in [0.25, 0.3) is 0 Å². The van der Waals surface area contributed by atoms with E-state index in [1.807, 2.05) is 6.92 Å². The number of rotatable bonds is 7. The molecule has 162 valence electrons. The number of Topliss-reactive ketones (excluding diaryl/α,β-unsaturated/α-hetero) is 1. The summed E-state index contributed by atoms with van der Waals surface area (Å²) in [6.45, 7) is 2.93. The lowest BCUT2D eigenvalue weighted by Gasteiger charge is -2.32. The van der Waals surface area contributed by atoms with Crippen LogP contribution in [0.4, 0.5) is 0 Å². The molecule has 1 atom stereocenters. The number of methoxy groups -OCH3 is 1. The van der Waals surface area contributed by atoms with Crippen molar-refractivity contribution in [2.75, 3.05) is 20.3 Å². The van der Waals surface area contributed by atoms with Crippen molar-refractivity contribution in [1.82, 2.24) is 4.31 Å². The Balaban J connectivity index is 2.29. The molecule has 10 heteroatoms. The molecular weight excluding hydrogens is 410 g/mol. The molecule has 1 saturated heterocycles. The summed E-state index contributed by atoms with van der Waals surface area (Å²) in [5, 5.41) is 8.94. The van der Waals surface area contributed by atoms with E-state index in [1.165, 1.54) is 36.5 Å². The maximum absolute atomic E-state index is 13.2. The third-order valence-electron chi connectivity index (χ3n) is 4.85. The van der Waals surface area contributed by atoms with Crippen LogP contribution in [0.15, 0.2) is 34.4 Å². The van der Waals surface area contributed by atoms with Crippen molar-refractivity contribution in [1.29, 1.82) is 5.26 Å². The molecule has 1 aliphatic heterocycles. The van der Waals surface area contributed by atoms with E-state index in [1.54, 1.807) is 6.07 Å². The largest absolute Gasteiger partial charge is 0.495 e. The van der Waals surface area contributed by atoms with Gasteiger partial charge in [0.1, 0.15) is 22.3 Å². The van der Waals surface area contributed by atoms with Gasteiger partial charge in [-0.25, -0.2) is 13.2 Å². The van der Waals surface area contributed by atoms with Crippen LogP contribution in [0.5, 0.6) is 5.75 Å². The number of esters is 1. The number of piperidine rings is 1. The lowest BCUT2D eigenvalue weighted by Crippen LogP contribution is -2.42. The number of carbonyl (C=O) groups is 2. The maximum atomic E-state index is 13.2. The molecule has 1 aromatic rings. The van der Waals surface area contributed by atoms with Gasteiger partial charge in [-0.1, -0.05) is 6.42 Å². The number of allylic oxidation sites excluding steroid dienone is 1. The number of ether oxygens (including phenoxy) is 2. The van der Waals surface area contributed by atoms with Crippen LogP contribution >= 0.6 is 0 Å². The molecule has 0 unspecified atom stereocenters. The van der Waals surface area contributed by atoms with Crippen molar-refractivity contribution in [3.05, 3.63) is 35.0 Å². The number of nitriles is 1. The van der Waals surface area contributed by atoms with Crippen LogP contribution in [-0.4, -0.2) is 50.8 Å². The first-order valence-corrected chi connectivity index (χ1v) is 10.8. The summed E-state index contributed by atoms with van der Waals surface area (Å²) in [4.78, 5) is 24.2. The molecule has 0 aromatic heterocycles. The molecule has 1 aliphatic rings. The first-order chi connectivity index (χ1) is 14.1. The van der Waals surface area contributed by atoms with E-state index in [4.69, 9.17) is 20.5 Å². The van der Waals surface area contributed by atoms with Gasteiger partial charge in [0, 0.05) is 18.3 Å². The van der Waals surface area contributed by atoms with E-state index < -0.39 is 28.4 Å². The first-order valence-electron chi connectivity index (χ1n) is 9.40. The van der Waals surface area contributed by atoms with Crippen molar-refractivity contribution in [2.24, 2.45) is 5.73 Å². The highest BCUT2D eigenvalue weighted by atomic mass is 32.2. The summed E-state index contributed by atoms with van der Waals surface area (Å²) < 4.78 is 38.0. The second-order valence-electron chi connectivity index (χ2n) is 7.00. The Hall–Kier alpha value is -2.90. The van der Waals surface area contributed by atoms with Gasteiger partial charge in [-0.3, -0.25) is 4.79 Å². The number of ketones is 1. The van der Waals surface area contributed by atoms with Crippen molar-refractivity contribution >= 4 is 21.8 Å². The summed E-state index contributed by atoms with van der Waals surface area (Å²) in [5.41, 5.74) is 5.13. The molecule has 1 aromatic carbocycles. The number of hydrogen-bond acceptors (Lipinski definition) is 8. The first kappa shape index (κ1) is 23.4. The Morgan fingerprint density at radius 1 is 1.33 bits per heavy atom. The van der Waals surface area contributed by atoms with Crippen LogP contribution in [0, 0.1) is 11.3 Å². The number of benzene rings is 1. The van der Waals surface area contributed by atoms with Crippen LogP contribution < -0.4 is 10.5 Å². The molecule has 0 spiro atoms. The normalized spacial score (nSPS) is 18.1. The van der Waals surface area contributed by atoms with E-state index in [2.05, 4.69) is 0 Å². The van der Waals surface area contributed by atoms with Gasteiger partial charge in [-0.05, 0) is 44.9 Å². The highest BCUT2D eigenvalue weighted by molar-refractivity contribution is 7.89. The summed E-state index contributed by atoms with van der Waals surface area (Å²) in [6, 6.07) is 5.38. The maximum Gasteiger partial charge on any atom is 0.338 e. The topological polar surface area (TPSA) is 140 Å². The van der Waals surface area contributed by atoms with Gasteiger partial charge >= 0.3 is 5.97 Å². The quantitative estimate of drug-likeness (QED) is 0.388. The zero-order valence-electron chi connectivity index (χ0n) is 17.2. The molecule has 0 amide bonds. The van der Waals surface area contributed by atoms with Crippen LogP contribution in [0.25, 0.3) is 0 Å². The second-order valence-corrected chi connectivity index (χ2v) is 8.85. The lowest BCUT2D eigenvalue weighted by atomic mass is 10.1. The minimum absolute atomic E-state index is 0.0204. The molecule has 30 heavy (non-hydrogen) atoms. The van der Waals surface area contributed by atoms with Crippen LogP contribution in [0.1, 0.15) is 43.5 Å². The van der Waals surface area contributed by atoms with Gasteiger partial charge in [0.2, 0.25) is 15.8 Å². The van der Waals surface area contributed by atoms with Crippen LogP contribution in [-0.2, 0) is 19.6 Å². The van der Waals surface area contributed by atoms with Crippen molar-refractivity contribution in [3.8, 4) is 11.8 Å². The Labute approximate surface area is 176 Å². The van der Waals surface area contributed by atoms with Crippen LogP contribution in [0.2, 0.25) is 0 Å². The molecule has 1 heterocycles. The number of hydrogen-bond donors (Lipinski definition) is 1. The van der Waals surface area contributed by atoms with E-state index >= 15 is 0 Å². The fraction of sp³-hybridized carbons (Fsp3) is 0.450. The summed E-state index contributed by atoms with van der Waals surface area (Å²) in [7, 11) is -2.56. The van der Waals surface area contributed by atoms with E-state index in [0.717, 1.165) is 19.3 Å². The van der Waals surface area contributed by atoms with E-state index in [-0.39, 0.29) is 33.5 Å². The molecule has 2 N–H and O–H groups in total. The molecule has 2 rings (SSSR count). The standard InChI is InChI=1S/C20H25N3O6S/c1-13-6-4-5-9-23(13)30(26,27)19-10-15(7-8-18(19)28-3)20(25)29-12-17(24)16(11-21)14(2)22/h7-8,10,13H,4-6,9,12,22H2,1-3H3/b16-14+/t13-/m0/s1. The van der Waals surface area contributed by atoms with E-state index in [0.29, 0.717) is 6.54 Å². The van der Waals surface area contributed by atoms with Gasteiger partial charge in [0.15, 0.2) is 6.61 Å². The Morgan fingerprint density at radius 2 is 2.03 bits per heavy atom. The molecule has 0 bridgehead atoms. The second kappa shape index (κ2) is 9.73. The third kappa shape index (κ3) is 4.98. The van der Waals surface area contributed by atoms with Gasteiger partial charge in [-0.15, -0.1) is 0 Å². The highest BCUT2D eigenvalue weighted by Gasteiger charge is 2.33. The zero-order valence-corrected chi connectivity index (χ0v) is 18.0. The smallest absolute Gasteiger partial charge is 0.338 e. The van der Waals surface area contributed by atoms with Crippen molar-refractivity contribution in [3.63, 3.8) is 0 Å². The molecular formula is C20H25N3O6S. The van der Waals surface area contributed by atoms with E-state index in [9.17, 15) is 18.0 Å². The van der Waals surface area contributed by atoms with Gasteiger partial charge in [-0.2, -0.15) is 9.57 Å². The number of nitrogens with zero attached hydrogens (tertiary/aromatic N) is 2. The predicted molar refractivity (Wildman–Crippen MR) is 108 cm³/mol. The Bertz CT molecular complexity index is 1010. The van der Waals surface area contributed by atoms with Crippen LogP contribution in [0.3, 0.4) is 0 Å².